The van der Waals surface area contributed by atoms with E-state index in [4.69, 9.17) is 0 Å². The first kappa shape index (κ1) is 45.4. The lowest BCUT2D eigenvalue weighted by Gasteiger charge is -2.34. The lowest BCUT2D eigenvalue weighted by Crippen LogP contribution is -2.27. The molecule has 0 amide bonds. The second kappa shape index (κ2) is 15.5. The third kappa shape index (κ3) is 5.98. The van der Waals surface area contributed by atoms with Crippen LogP contribution in [-0.2, 0) is 33.5 Å². The second-order valence-electron chi connectivity index (χ2n) is 25.2. The summed E-state index contributed by atoms with van der Waals surface area (Å²) in [7, 11) is 0. The summed E-state index contributed by atoms with van der Waals surface area (Å²) in [5, 5.41) is 0. The average molecular weight is 978 g/mol. The molecular formula is C75H63N. The Balaban J connectivity index is 1.00. The summed E-state index contributed by atoms with van der Waals surface area (Å²) in [4.78, 5) is 2.59. The van der Waals surface area contributed by atoms with Gasteiger partial charge in [-0.05, 0) is 182 Å². The Morgan fingerprint density at radius 3 is 1.43 bits per heavy atom. The van der Waals surface area contributed by atoms with Crippen molar-refractivity contribution in [2.45, 2.75) is 95.3 Å². The Bertz CT molecular complexity index is 4060. The van der Waals surface area contributed by atoms with Crippen molar-refractivity contribution >= 4 is 17.1 Å². The van der Waals surface area contributed by atoms with E-state index >= 15 is 0 Å². The van der Waals surface area contributed by atoms with Crippen molar-refractivity contribution in [2.24, 2.45) is 0 Å². The highest BCUT2D eigenvalue weighted by Crippen LogP contribution is 2.65. The van der Waals surface area contributed by atoms with E-state index in [-0.39, 0.29) is 21.7 Å². The second-order valence-corrected chi connectivity index (χ2v) is 25.2. The van der Waals surface area contributed by atoms with E-state index in [1.54, 1.807) is 0 Å². The number of benzene rings is 10. The Morgan fingerprint density at radius 1 is 0.342 bits per heavy atom. The maximum Gasteiger partial charge on any atom is 0.0726 e. The first-order valence-corrected chi connectivity index (χ1v) is 27.7. The monoisotopic (exact) mass is 977 g/mol. The van der Waals surface area contributed by atoms with Crippen molar-refractivity contribution in [3.8, 4) is 55.6 Å². The highest BCUT2D eigenvalue weighted by molar-refractivity contribution is 5.98. The van der Waals surface area contributed by atoms with Crippen LogP contribution >= 0.6 is 0 Å². The summed E-state index contributed by atoms with van der Waals surface area (Å²) in [6.45, 7) is 18.9. The van der Waals surface area contributed by atoms with Crippen molar-refractivity contribution in [3.63, 3.8) is 0 Å². The van der Waals surface area contributed by atoms with E-state index in [1.165, 1.54) is 128 Å². The molecule has 0 aliphatic heterocycles. The van der Waals surface area contributed by atoms with Crippen molar-refractivity contribution in [1.82, 2.24) is 0 Å². The molecule has 368 valence electrons. The smallest absolute Gasteiger partial charge is 0.0726 e. The summed E-state index contributed by atoms with van der Waals surface area (Å²) in [5.41, 5.74) is 32.4. The number of hydrogen-bond donors (Lipinski definition) is 0. The summed E-state index contributed by atoms with van der Waals surface area (Å²) in [6.07, 6.45) is 2.12. The molecule has 0 radical (unpaired) electrons. The van der Waals surface area contributed by atoms with Crippen LogP contribution in [0.4, 0.5) is 17.1 Å². The molecule has 5 aliphatic rings. The van der Waals surface area contributed by atoms with Gasteiger partial charge in [0.05, 0.1) is 5.41 Å². The Hall–Kier alpha value is -8.00. The van der Waals surface area contributed by atoms with E-state index in [1.807, 2.05) is 0 Å². The zero-order valence-corrected chi connectivity index (χ0v) is 45.1. The van der Waals surface area contributed by atoms with Crippen LogP contribution in [0.2, 0.25) is 0 Å². The molecule has 2 spiro atoms. The summed E-state index contributed by atoms with van der Waals surface area (Å²) < 4.78 is 0. The standard InChI is InChI=1S/C75H63N/c1-71(2,3)48-31-35-58-59-36-32-49(72(4,5)6)43-68(59)75(67(58)42-48)65-30-16-12-23-55(65)60-38-34-52(45-69(60)75)76(50-21-17-20-47(41-50)53-25-18-26-61-56-24-10-14-28-63(56)73(7,8)70(53)61)51-33-37-57-54-22-11-15-29-64(54)74(66(57)44-51)40-39-46-19-9-13-27-62(46)74/h9-38,41-45H,39-40H2,1-8H3. The number of hydrogen-bond acceptors (Lipinski definition) is 1. The average Bonchev–Trinajstić information content (AvgIpc) is 4.40. The van der Waals surface area contributed by atoms with Gasteiger partial charge < -0.3 is 4.90 Å². The summed E-state index contributed by atoms with van der Waals surface area (Å²) >= 11 is 0. The first-order valence-electron chi connectivity index (χ1n) is 27.7. The largest absolute Gasteiger partial charge is 0.310 e. The molecule has 1 unspecified atom stereocenters. The molecule has 0 heterocycles. The minimum Gasteiger partial charge on any atom is -0.310 e. The minimum absolute atomic E-state index is 0.0342. The molecule has 10 aromatic rings. The molecule has 0 fully saturated rings. The highest BCUT2D eigenvalue weighted by Gasteiger charge is 2.53. The molecule has 0 saturated carbocycles. The van der Waals surface area contributed by atoms with Crippen LogP contribution in [0.1, 0.15) is 129 Å². The molecule has 1 atom stereocenters. The maximum absolute atomic E-state index is 2.59. The quantitative estimate of drug-likeness (QED) is 0.170. The molecular weight excluding hydrogens is 915 g/mol. The molecule has 10 aromatic carbocycles. The number of fused-ring (bicyclic) bond motifs is 20. The SMILES string of the molecule is CC(C)(C)c1ccc2c(c1)C1(c3ccccc3-c3ccc(N(c4cccc(-c5cccc6c5C(C)(C)c5ccccc5-6)c4)c4ccc5c(c4)C4(CCc6ccccc64)c4ccccc4-5)cc31)c1cc(C(C)(C)C)ccc1-2. The van der Waals surface area contributed by atoms with Gasteiger partial charge in [0.15, 0.2) is 0 Å². The van der Waals surface area contributed by atoms with E-state index < -0.39 is 5.41 Å². The van der Waals surface area contributed by atoms with Crippen LogP contribution in [-0.4, -0.2) is 0 Å². The van der Waals surface area contributed by atoms with Gasteiger partial charge >= 0.3 is 0 Å². The fraction of sp³-hybridized carbons (Fsp3) is 0.200. The fourth-order valence-corrected chi connectivity index (χ4v) is 15.3. The van der Waals surface area contributed by atoms with Crippen molar-refractivity contribution in [3.05, 3.63) is 279 Å². The molecule has 1 heteroatoms. The molecule has 0 saturated heterocycles. The van der Waals surface area contributed by atoms with E-state index in [9.17, 15) is 0 Å². The lowest BCUT2D eigenvalue weighted by atomic mass is 9.68. The van der Waals surface area contributed by atoms with Gasteiger partial charge in [-0.1, -0.05) is 231 Å². The van der Waals surface area contributed by atoms with Gasteiger partial charge in [0.2, 0.25) is 0 Å². The third-order valence-electron chi connectivity index (χ3n) is 18.8. The van der Waals surface area contributed by atoms with Gasteiger partial charge in [0.1, 0.15) is 0 Å². The van der Waals surface area contributed by atoms with E-state index in [2.05, 4.69) is 273 Å². The first-order chi connectivity index (χ1) is 36.7. The molecule has 15 rings (SSSR count). The minimum atomic E-state index is -0.537. The topological polar surface area (TPSA) is 3.24 Å². The number of anilines is 3. The molecule has 0 aromatic heterocycles. The van der Waals surface area contributed by atoms with Crippen molar-refractivity contribution < 1.29 is 0 Å². The van der Waals surface area contributed by atoms with Gasteiger partial charge in [-0.25, -0.2) is 0 Å². The predicted molar refractivity (Wildman–Crippen MR) is 318 cm³/mol. The van der Waals surface area contributed by atoms with Crippen molar-refractivity contribution in [1.29, 1.82) is 0 Å². The predicted octanol–water partition coefficient (Wildman–Crippen LogP) is 19.3. The number of aryl methyl sites for hydroxylation is 1. The van der Waals surface area contributed by atoms with E-state index in [0.717, 1.165) is 24.2 Å². The third-order valence-corrected chi connectivity index (χ3v) is 18.8. The normalized spacial score (nSPS) is 17.1. The molecule has 0 bridgehead atoms. The highest BCUT2D eigenvalue weighted by atomic mass is 15.1. The van der Waals surface area contributed by atoms with Gasteiger partial charge in [-0.15, -0.1) is 0 Å². The Morgan fingerprint density at radius 2 is 0.789 bits per heavy atom. The zero-order chi connectivity index (χ0) is 51.7. The maximum atomic E-state index is 2.59. The van der Waals surface area contributed by atoms with Gasteiger partial charge in [-0.3, -0.25) is 0 Å². The molecule has 0 N–H and O–H groups in total. The van der Waals surface area contributed by atoms with Gasteiger partial charge in [0.25, 0.3) is 0 Å². The summed E-state index contributed by atoms with van der Waals surface area (Å²) in [6, 6.07) is 82.8. The molecule has 5 aliphatic carbocycles. The lowest BCUT2D eigenvalue weighted by molar-refractivity contribution is 0.586. The fourth-order valence-electron chi connectivity index (χ4n) is 15.3. The van der Waals surface area contributed by atoms with Crippen LogP contribution in [0.3, 0.4) is 0 Å². The molecule has 1 nitrogen and oxygen atoms in total. The van der Waals surface area contributed by atoms with Crippen LogP contribution in [0, 0.1) is 0 Å². The van der Waals surface area contributed by atoms with E-state index in [0.29, 0.717) is 0 Å². The Labute approximate surface area is 449 Å². The van der Waals surface area contributed by atoms with Crippen LogP contribution < -0.4 is 4.90 Å². The number of nitrogens with zero attached hydrogens (tertiary/aromatic N) is 1. The number of rotatable bonds is 4. The zero-order valence-electron chi connectivity index (χ0n) is 45.1. The van der Waals surface area contributed by atoms with Crippen LogP contribution in [0.15, 0.2) is 212 Å². The van der Waals surface area contributed by atoms with Crippen LogP contribution in [0.25, 0.3) is 55.6 Å². The van der Waals surface area contributed by atoms with Gasteiger partial charge in [0, 0.05) is 27.9 Å². The van der Waals surface area contributed by atoms with Crippen LogP contribution in [0.5, 0.6) is 0 Å². The summed E-state index contributed by atoms with van der Waals surface area (Å²) in [5.74, 6) is 0. The van der Waals surface area contributed by atoms with Gasteiger partial charge in [-0.2, -0.15) is 0 Å². The van der Waals surface area contributed by atoms with Crippen molar-refractivity contribution in [2.75, 3.05) is 4.90 Å². The Kier molecular flexibility index (Phi) is 9.29. The molecule has 76 heavy (non-hydrogen) atoms.